The van der Waals surface area contributed by atoms with Gasteiger partial charge >= 0.3 is 17.9 Å². The van der Waals surface area contributed by atoms with Gasteiger partial charge in [0, 0.05) is 15.3 Å². The van der Waals surface area contributed by atoms with Crippen LogP contribution < -0.4 is 9.47 Å². The van der Waals surface area contributed by atoms with Crippen LogP contribution in [0.1, 0.15) is 25.6 Å². The summed E-state index contributed by atoms with van der Waals surface area (Å²) < 4.78 is 9.50. The number of hydrogen-bond donors (Lipinski definition) is 1. The summed E-state index contributed by atoms with van der Waals surface area (Å²) in [6.07, 6.45) is 0. The molecule has 0 unspecified atom stereocenters. The van der Waals surface area contributed by atoms with Crippen LogP contribution in [0, 0.1) is 0 Å². The van der Waals surface area contributed by atoms with Crippen molar-refractivity contribution in [2.45, 2.75) is 13.8 Å². The molecule has 0 radical (unpaired) electrons. The molecule has 0 aliphatic rings. The van der Waals surface area contributed by atoms with Crippen LogP contribution in [0.2, 0.25) is 0 Å². The lowest BCUT2D eigenvalue weighted by atomic mass is 10.2. The molecule has 0 heterocycles. The number of ether oxygens (including phenoxy) is 2. The Bertz CT molecular complexity index is 482. The van der Waals surface area contributed by atoms with Crippen LogP contribution in [-0.2, 0) is 9.59 Å². The molecule has 0 aliphatic heterocycles. The molecule has 6 heteroatoms. The summed E-state index contributed by atoms with van der Waals surface area (Å²) in [5, 5.41) is 8.91. The maximum atomic E-state index is 10.9. The number of hydrogen-bond acceptors (Lipinski definition) is 5. The van der Waals surface area contributed by atoms with Gasteiger partial charge in [0.05, 0.1) is 0 Å². The number of para-hydroxylation sites is 1. The number of carboxylic acid groups (broad SMARTS) is 1. The third-order valence-electron chi connectivity index (χ3n) is 1.71. The molecule has 0 aromatic heterocycles. The molecule has 0 atom stereocenters. The highest BCUT2D eigenvalue weighted by molar-refractivity contribution is 5.93. The van der Waals surface area contributed by atoms with E-state index in [0.717, 1.165) is 13.8 Å². The van der Waals surface area contributed by atoms with Gasteiger partial charge in [-0.3, -0.25) is 9.59 Å². The van der Waals surface area contributed by atoms with E-state index < -0.39 is 17.9 Å². The first kappa shape index (κ1) is 12.7. The first-order valence-electron chi connectivity index (χ1n) is 4.65. The van der Waals surface area contributed by atoms with Gasteiger partial charge in [0.1, 0.15) is 5.56 Å². The van der Waals surface area contributed by atoms with Crippen LogP contribution in [0.4, 0.5) is 0 Å². The Balaban J connectivity index is 0.00000289. The Hall–Kier alpha value is -2.37. The number of benzene rings is 1. The Morgan fingerprint density at radius 1 is 1.12 bits per heavy atom. The van der Waals surface area contributed by atoms with Crippen LogP contribution in [0.3, 0.4) is 0 Å². The van der Waals surface area contributed by atoms with Crippen molar-refractivity contribution >= 4 is 17.9 Å². The summed E-state index contributed by atoms with van der Waals surface area (Å²) in [6, 6.07) is 3.97. The molecule has 0 amide bonds. The Kier molecular flexibility index (Phi) is 3.82. The molecule has 0 saturated heterocycles. The van der Waals surface area contributed by atoms with Crippen molar-refractivity contribution in [1.29, 1.82) is 0 Å². The van der Waals surface area contributed by atoms with E-state index in [9.17, 15) is 14.4 Å². The van der Waals surface area contributed by atoms with E-state index in [4.69, 9.17) is 14.6 Å². The minimum Gasteiger partial charge on any atom is -0.478 e. The van der Waals surface area contributed by atoms with Crippen LogP contribution in [0.15, 0.2) is 18.2 Å². The van der Waals surface area contributed by atoms with Crippen molar-refractivity contribution in [2.75, 3.05) is 0 Å². The van der Waals surface area contributed by atoms with Crippen LogP contribution in [0.25, 0.3) is 0 Å². The quantitative estimate of drug-likeness (QED) is 0.635. The standard InChI is InChI=1S/C11H10O6.H2/c1-6(12)16-9-5-3-4-8(11(14)15)10(9)17-7(2)13;/h3-5H,1-2H3,(H,14,15);1H. The highest BCUT2D eigenvalue weighted by atomic mass is 16.6. The third-order valence-corrected chi connectivity index (χ3v) is 1.71. The predicted octanol–water partition coefficient (Wildman–Crippen LogP) is 1.48. The smallest absolute Gasteiger partial charge is 0.339 e. The zero-order valence-electron chi connectivity index (χ0n) is 9.22. The minimum atomic E-state index is -1.28. The second-order valence-electron chi connectivity index (χ2n) is 3.13. The summed E-state index contributed by atoms with van der Waals surface area (Å²) in [5.74, 6) is -3.00. The summed E-state index contributed by atoms with van der Waals surface area (Å²) >= 11 is 0. The largest absolute Gasteiger partial charge is 0.478 e. The molecular weight excluding hydrogens is 228 g/mol. The van der Waals surface area contributed by atoms with Gasteiger partial charge in [-0.25, -0.2) is 4.79 Å². The SMILES string of the molecule is CC(=O)Oc1cccc(C(=O)O)c1OC(C)=O.[HH]. The number of rotatable bonds is 3. The van der Waals surface area contributed by atoms with Crippen molar-refractivity contribution in [3.63, 3.8) is 0 Å². The molecule has 0 aliphatic carbocycles. The lowest BCUT2D eigenvalue weighted by Crippen LogP contribution is -2.11. The van der Waals surface area contributed by atoms with Gasteiger partial charge in [-0.05, 0) is 12.1 Å². The average Bonchev–Trinajstić information content (AvgIpc) is 2.18. The average molecular weight is 240 g/mol. The van der Waals surface area contributed by atoms with Crippen molar-refractivity contribution in [1.82, 2.24) is 0 Å². The maximum Gasteiger partial charge on any atom is 0.339 e. The zero-order valence-corrected chi connectivity index (χ0v) is 9.22. The molecule has 6 nitrogen and oxygen atoms in total. The van der Waals surface area contributed by atoms with Gasteiger partial charge in [0.2, 0.25) is 0 Å². The number of carbonyl (C=O) groups excluding carboxylic acids is 2. The predicted molar refractivity (Wildman–Crippen MR) is 58.1 cm³/mol. The van der Waals surface area contributed by atoms with E-state index in [2.05, 4.69) is 0 Å². The number of aromatic carboxylic acids is 1. The summed E-state index contributed by atoms with van der Waals surface area (Å²) in [5.41, 5.74) is -0.251. The van der Waals surface area contributed by atoms with Gasteiger partial charge in [-0.2, -0.15) is 0 Å². The van der Waals surface area contributed by atoms with Crippen molar-refractivity contribution < 1.29 is 30.4 Å². The van der Waals surface area contributed by atoms with E-state index in [1.165, 1.54) is 18.2 Å². The molecule has 0 bridgehead atoms. The molecule has 0 fully saturated rings. The molecule has 17 heavy (non-hydrogen) atoms. The second kappa shape index (κ2) is 5.11. The number of carboxylic acids is 1. The zero-order chi connectivity index (χ0) is 13.0. The fraction of sp³-hybridized carbons (Fsp3) is 0.182. The Labute approximate surface area is 98.2 Å². The number of esters is 2. The molecular formula is C11H12O6. The first-order valence-corrected chi connectivity index (χ1v) is 4.65. The van der Waals surface area contributed by atoms with Crippen LogP contribution in [0.5, 0.6) is 11.5 Å². The lowest BCUT2D eigenvalue weighted by molar-refractivity contribution is -0.134. The third kappa shape index (κ3) is 3.30. The van der Waals surface area contributed by atoms with Gasteiger partial charge in [0.25, 0.3) is 0 Å². The van der Waals surface area contributed by atoms with E-state index in [0.29, 0.717) is 0 Å². The molecule has 1 rings (SSSR count). The monoisotopic (exact) mass is 240 g/mol. The first-order chi connectivity index (χ1) is 7.91. The minimum absolute atomic E-state index is 0. The lowest BCUT2D eigenvalue weighted by Gasteiger charge is -2.10. The van der Waals surface area contributed by atoms with Gasteiger partial charge in [-0.15, -0.1) is 0 Å². The van der Waals surface area contributed by atoms with Crippen molar-refractivity contribution in [2.24, 2.45) is 0 Å². The number of carbonyl (C=O) groups is 3. The molecule has 0 saturated carbocycles. The molecule has 92 valence electrons. The van der Waals surface area contributed by atoms with E-state index in [1.807, 2.05) is 0 Å². The summed E-state index contributed by atoms with van der Waals surface area (Å²) in [4.78, 5) is 32.6. The van der Waals surface area contributed by atoms with Gasteiger partial charge < -0.3 is 14.6 Å². The maximum absolute atomic E-state index is 10.9. The second-order valence-corrected chi connectivity index (χ2v) is 3.13. The van der Waals surface area contributed by atoms with Gasteiger partial charge in [0.15, 0.2) is 11.5 Å². The van der Waals surface area contributed by atoms with Crippen LogP contribution in [-0.4, -0.2) is 23.0 Å². The highest BCUT2D eigenvalue weighted by Gasteiger charge is 2.19. The summed E-state index contributed by atoms with van der Waals surface area (Å²) in [7, 11) is 0. The van der Waals surface area contributed by atoms with Gasteiger partial charge in [-0.1, -0.05) is 6.07 Å². The fourth-order valence-electron chi connectivity index (χ4n) is 1.17. The van der Waals surface area contributed by atoms with E-state index in [-0.39, 0.29) is 18.5 Å². The van der Waals surface area contributed by atoms with Crippen LogP contribution >= 0.6 is 0 Å². The fourth-order valence-corrected chi connectivity index (χ4v) is 1.17. The normalized spacial score (nSPS) is 9.53. The molecule has 1 N–H and O–H groups in total. The van der Waals surface area contributed by atoms with E-state index >= 15 is 0 Å². The topological polar surface area (TPSA) is 89.9 Å². The van der Waals surface area contributed by atoms with Crippen molar-refractivity contribution in [3.8, 4) is 11.5 Å². The van der Waals surface area contributed by atoms with E-state index in [1.54, 1.807) is 0 Å². The molecule has 1 aromatic rings. The Morgan fingerprint density at radius 3 is 2.18 bits per heavy atom. The highest BCUT2D eigenvalue weighted by Crippen LogP contribution is 2.31. The Morgan fingerprint density at radius 2 is 1.71 bits per heavy atom. The molecule has 0 spiro atoms. The molecule has 1 aromatic carbocycles. The summed E-state index contributed by atoms with van der Waals surface area (Å²) in [6.45, 7) is 2.28. The van der Waals surface area contributed by atoms with Crippen molar-refractivity contribution in [3.05, 3.63) is 23.8 Å².